The lowest BCUT2D eigenvalue weighted by Crippen LogP contribution is -2.33. The van der Waals surface area contributed by atoms with Crippen molar-refractivity contribution in [2.24, 2.45) is 0 Å². The molecule has 3 rings (SSSR count). The van der Waals surface area contributed by atoms with E-state index in [2.05, 4.69) is 4.72 Å². The second-order valence-corrected chi connectivity index (χ2v) is 9.24. The summed E-state index contributed by atoms with van der Waals surface area (Å²) < 4.78 is 33.7. The zero-order chi connectivity index (χ0) is 20.9. The van der Waals surface area contributed by atoms with Crippen LogP contribution in [0.4, 0.5) is 0 Å². The number of benzene rings is 2. The molecule has 0 aromatic heterocycles. The van der Waals surface area contributed by atoms with E-state index in [1.165, 1.54) is 17.0 Å². The van der Waals surface area contributed by atoms with Gasteiger partial charge in [-0.05, 0) is 55.7 Å². The fraction of sp³-hybridized carbons (Fsp3) is 0.409. The number of likely N-dealkylation sites (N-methyl/N-ethyl adjacent to an activating group) is 1. The second-order valence-electron chi connectivity index (χ2n) is 7.52. The van der Waals surface area contributed by atoms with E-state index in [-0.39, 0.29) is 16.8 Å². The third-order valence-electron chi connectivity index (χ3n) is 5.10. The van der Waals surface area contributed by atoms with Crippen LogP contribution in [-0.2, 0) is 10.0 Å². The number of rotatable bonds is 8. The number of sulfonamides is 1. The molecule has 0 saturated heterocycles. The van der Waals surface area contributed by atoms with E-state index < -0.39 is 10.0 Å². The number of hydrogen-bond acceptors (Lipinski definition) is 4. The van der Waals surface area contributed by atoms with Crippen molar-refractivity contribution >= 4 is 15.9 Å². The van der Waals surface area contributed by atoms with E-state index in [1.54, 1.807) is 19.2 Å². The van der Waals surface area contributed by atoms with Crippen molar-refractivity contribution in [2.45, 2.75) is 43.5 Å². The number of amides is 1. The summed E-state index contributed by atoms with van der Waals surface area (Å²) in [7, 11) is -1.95. The van der Waals surface area contributed by atoms with Crippen LogP contribution in [0.3, 0.4) is 0 Å². The van der Waals surface area contributed by atoms with Gasteiger partial charge < -0.3 is 9.64 Å². The van der Waals surface area contributed by atoms with Crippen LogP contribution in [0.25, 0.3) is 0 Å². The summed E-state index contributed by atoms with van der Waals surface area (Å²) in [6.07, 6.45) is 3.81. The third-order valence-corrected chi connectivity index (χ3v) is 6.62. The Morgan fingerprint density at radius 3 is 2.59 bits per heavy atom. The molecule has 7 heteroatoms. The molecule has 2 aromatic carbocycles. The molecule has 6 nitrogen and oxygen atoms in total. The van der Waals surface area contributed by atoms with E-state index in [9.17, 15) is 13.2 Å². The highest BCUT2D eigenvalue weighted by molar-refractivity contribution is 7.89. The van der Waals surface area contributed by atoms with Gasteiger partial charge in [0.15, 0.2) is 0 Å². The van der Waals surface area contributed by atoms with Crippen LogP contribution in [0.2, 0.25) is 0 Å². The van der Waals surface area contributed by atoms with E-state index in [0.717, 1.165) is 37.0 Å². The molecule has 0 spiro atoms. The topological polar surface area (TPSA) is 75.7 Å². The predicted octanol–water partition coefficient (Wildman–Crippen LogP) is 3.37. The van der Waals surface area contributed by atoms with Gasteiger partial charge in [0, 0.05) is 18.7 Å². The quantitative estimate of drug-likeness (QED) is 0.716. The van der Waals surface area contributed by atoms with Crippen LogP contribution >= 0.6 is 0 Å². The van der Waals surface area contributed by atoms with Crippen LogP contribution in [0.5, 0.6) is 5.75 Å². The van der Waals surface area contributed by atoms with Gasteiger partial charge in [-0.15, -0.1) is 0 Å². The zero-order valence-corrected chi connectivity index (χ0v) is 17.7. The highest BCUT2D eigenvalue weighted by atomic mass is 32.2. The largest absolute Gasteiger partial charge is 0.492 e. The van der Waals surface area contributed by atoms with Gasteiger partial charge >= 0.3 is 0 Å². The van der Waals surface area contributed by atoms with Crippen LogP contribution in [0.15, 0.2) is 53.4 Å². The molecule has 0 radical (unpaired) electrons. The fourth-order valence-electron chi connectivity index (χ4n) is 3.45. The summed E-state index contributed by atoms with van der Waals surface area (Å²) >= 11 is 0. The van der Waals surface area contributed by atoms with E-state index in [4.69, 9.17) is 4.74 Å². The number of carbonyl (C=O) groups excluding carboxylic acids is 1. The predicted molar refractivity (Wildman–Crippen MR) is 113 cm³/mol. The molecule has 0 aliphatic heterocycles. The summed E-state index contributed by atoms with van der Waals surface area (Å²) in [5.41, 5.74) is 1.45. The molecular weight excluding hydrogens is 388 g/mol. The maximum Gasteiger partial charge on any atom is 0.253 e. The van der Waals surface area contributed by atoms with Gasteiger partial charge in [-0.1, -0.05) is 31.0 Å². The summed E-state index contributed by atoms with van der Waals surface area (Å²) in [4.78, 5) is 14.4. The average molecular weight is 417 g/mol. The maximum absolute atomic E-state index is 12.7. The lowest BCUT2D eigenvalue weighted by molar-refractivity contribution is 0.0773. The molecule has 1 N–H and O–H groups in total. The number of ether oxygens (including phenoxy) is 1. The molecule has 0 atom stereocenters. The van der Waals surface area contributed by atoms with E-state index in [0.29, 0.717) is 18.7 Å². The number of nitrogens with one attached hydrogen (secondary N) is 1. The number of aryl methyl sites for hydroxylation is 1. The Morgan fingerprint density at radius 1 is 1.14 bits per heavy atom. The summed E-state index contributed by atoms with van der Waals surface area (Å²) in [6, 6.07) is 13.9. The fourth-order valence-corrected chi connectivity index (χ4v) is 4.81. The third kappa shape index (κ3) is 5.81. The van der Waals surface area contributed by atoms with Gasteiger partial charge in [0.25, 0.3) is 5.91 Å². The Balaban J connectivity index is 1.60. The van der Waals surface area contributed by atoms with E-state index in [1.807, 2.05) is 31.2 Å². The van der Waals surface area contributed by atoms with Crippen molar-refractivity contribution in [3.05, 3.63) is 59.7 Å². The van der Waals surface area contributed by atoms with Gasteiger partial charge in [-0.2, -0.15) is 0 Å². The summed E-state index contributed by atoms with van der Waals surface area (Å²) in [5.74, 6) is 0.521. The summed E-state index contributed by atoms with van der Waals surface area (Å²) in [6.45, 7) is 2.74. The molecule has 0 heterocycles. The van der Waals surface area contributed by atoms with Crippen molar-refractivity contribution in [1.82, 2.24) is 9.62 Å². The van der Waals surface area contributed by atoms with Crippen molar-refractivity contribution in [1.29, 1.82) is 0 Å². The molecule has 0 unspecified atom stereocenters. The average Bonchev–Trinajstić information content (AvgIpc) is 3.20. The highest BCUT2D eigenvalue weighted by Gasteiger charge is 2.24. The monoisotopic (exact) mass is 416 g/mol. The van der Waals surface area contributed by atoms with Crippen LogP contribution in [0, 0.1) is 6.92 Å². The minimum atomic E-state index is -3.63. The van der Waals surface area contributed by atoms with Gasteiger partial charge in [-0.25, -0.2) is 13.1 Å². The minimum Gasteiger partial charge on any atom is -0.492 e. The molecule has 29 heavy (non-hydrogen) atoms. The molecule has 1 saturated carbocycles. The Morgan fingerprint density at radius 2 is 1.86 bits per heavy atom. The number of carbonyl (C=O) groups is 1. The summed E-state index contributed by atoms with van der Waals surface area (Å²) in [5, 5.41) is 0. The van der Waals surface area contributed by atoms with Crippen molar-refractivity contribution in [3.8, 4) is 5.75 Å². The Kier molecular flexibility index (Phi) is 6.92. The molecule has 1 amide bonds. The first kappa shape index (κ1) is 21.3. The van der Waals surface area contributed by atoms with E-state index >= 15 is 0 Å². The van der Waals surface area contributed by atoms with Crippen molar-refractivity contribution < 1.29 is 17.9 Å². The van der Waals surface area contributed by atoms with Crippen LogP contribution in [0.1, 0.15) is 41.6 Å². The maximum atomic E-state index is 12.7. The van der Waals surface area contributed by atoms with Crippen molar-refractivity contribution in [2.75, 3.05) is 20.2 Å². The Hall–Kier alpha value is -2.38. The SMILES string of the molecule is Cc1cccc(OCCN(C)C(=O)c2cccc(S(=O)(=O)NC3CCCC3)c2)c1. The van der Waals surface area contributed by atoms with Gasteiger partial charge in [-0.3, -0.25) is 4.79 Å². The second kappa shape index (κ2) is 9.41. The van der Waals surface area contributed by atoms with Gasteiger partial charge in [0.2, 0.25) is 10.0 Å². The minimum absolute atomic E-state index is 0.0131. The Bertz CT molecular complexity index is 953. The highest BCUT2D eigenvalue weighted by Crippen LogP contribution is 2.21. The van der Waals surface area contributed by atoms with Gasteiger partial charge in [0.05, 0.1) is 11.4 Å². The molecular formula is C22H28N2O4S. The Labute approximate surface area is 172 Å². The first-order valence-corrected chi connectivity index (χ1v) is 11.4. The van der Waals surface area contributed by atoms with Crippen LogP contribution < -0.4 is 9.46 Å². The molecule has 1 fully saturated rings. The lowest BCUT2D eigenvalue weighted by Gasteiger charge is -2.18. The molecule has 0 bridgehead atoms. The lowest BCUT2D eigenvalue weighted by atomic mass is 10.2. The molecule has 2 aromatic rings. The van der Waals surface area contributed by atoms with Crippen LogP contribution in [-0.4, -0.2) is 45.5 Å². The van der Waals surface area contributed by atoms with Gasteiger partial charge in [0.1, 0.15) is 12.4 Å². The number of hydrogen-bond donors (Lipinski definition) is 1. The normalized spacial score (nSPS) is 14.7. The molecule has 156 valence electrons. The number of nitrogens with zero attached hydrogens (tertiary/aromatic N) is 1. The zero-order valence-electron chi connectivity index (χ0n) is 16.9. The standard InChI is InChI=1S/C22H28N2O4S/c1-17-7-5-11-20(15-17)28-14-13-24(2)22(25)18-8-6-12-21(16-18)29(26,27)23-19-9-3-4-10-19/h5-8,11-12,15-16,19,23H,3-4,9-10,13-14H2,1-2H3. The smallest absolute Gasteiger partial charge is 0.253 e. The molecule has 1 aliphatic carbocycles. The van der Waals surface area contributed by atoms with Crippen molar-refractivity contribution in [3.63, 3.8) is 0 Å². The first-order chi connectivity index (χ1) is 13.8. The molecule has 1 aliphatic rings. The first-order valence-electron chi connectivity index (χ1n) is 9.92.